The predicted molar refractivity (Wildman–Crippen MR) is 90.0 cm³/mol. The van der Waals surface area contributed by atoms with E-state index in [0.717, 1.165) is 31.6 Å². The Morgan fingerprint density at radius 1 is 1.41 bits per heavy atom. The Balaban J connectivity index is 0.00000242. The highest BCUT2D eigenvalue weighted by molar-refractivity contribution is 5.68. The van der Waals surface area contributed by atoms with E-state index in [1.165, 1.54) is 0 Å². The summed E-state index contributed by atoms with van der Waals surface area (Å²) in [7, 11) is 0. The minimum absolute atomic E-state index is 0. The largest absolute Gasteiger partial charge is 0.444 e. The van der Waals surface area contributed by atoms with Gasteiger partial charge in [-0.25, -0.2) is 4.79 Å². The van der Waals surface area contributed by atoms with Gasteiger partial charge >= 0.3 is 6.09 Å². The number of nitrogen functional groups attached to an aromatic ring is 1. The Morgan fingerprint density at radius 2 is 2.05 bits per heavy atom. The second-order valence-corrected chi connectivity index (χ2v) is 6.34. The second kappa shape index (κ2) is 7.33. The minimum atomic E-state index is -0.462. The van der Waals surface area contributed by atoms with Crippen LogP contribution in [0.25, 0.3) is 0 Å². The summed E-state index contributed by atoms with van der Waals surface area (Å²) in [5.74, 6) is 0. The summed E-state index contributed by atoms with van der Waals surface area (Å²) in [6, 6.07) is 2.08. The van der Waals surface area contributed by atoms with Gasteiger partial charge in [0.2, 0.25) is 0 Å². The molecule has 2 rings (SSSR count). The van der Waals surface area contributed by atoms with Crippen molar-refractivity contribution in [2.24, 2.45) is 0 Å². The van der Waals surface area contributed by atoms with Crippen molar-refractivity contribution in [1.29, 1.82) is 0 Å². The maximum atomic E-state index is 11.8. The maximum Gasteiger partial charge on any atom is 0.407 e. The van der Waals surface area contributed by atoms with Gasteiger partial charge in [-0.3, -0.25) is 4.98 Å². The number of hydrogen-bond donors (Lipinski definition) is 2. The van der Waals surface area contributed by atoms with Crippen LogP contribution in [0.4, 0.5) is 16.2 Å². The van der Waals surface area contributed by atoms with E-state index in [1.807, 2.05) is 26.8 Å². The molecule has 22 heavy (non-hydrogen) atoms. The van der Waals surface area contributed by atoms with Crippen molar-refractivity contribution in [3.63, 3.8) is 0 Å². The van der Waals surface area contributed by atoms with Crippen LogP contribution in [0.3, 0.4) is 0 Å². The summed E-state index contributed by atoms with van der Waals surface area (Å²) in [6.45, 7) is 7.30. The zero-order valence-electron chi connectivity index (χ0n) is 12.9. The van der Waals surface area contributed by atoms with Crippen molar-refractivity contribution in [1.82, 2.24) is 10.3 Å². The van der Waals surface area contributed by atoms with Gasteiger partial charge in [0, 0.05) is 25.3 Å². The molecule has 0 atom stereocenters. The van der Waals surface area contributed by atoms with Crippen molar-refractivity contribution in [2.75, 3.05) is 23.7 Å². The predicted octanol–water partition coefficient (Wildman–Crippen LogP) is 2.79. The molecule has 0 spiro atoms. The van der Waals surface area contributed by atoms with Crippen LogP contribution in [0, 0.1) is 0 Å². The average molecular weight is 308 g/mol. The van der Waals surface area contributed by atoms with Gasteiger partial charge < -0.3 is 20.7 Å². The van der Waals surface area contributed by atoms with Gasteiger partial charge in [-0.1, -0.05) is 7.43 Å². The maximum absolute atomic E-state index is 11.8. The number of pyridine rings is 1. The van der Waals surface area contributed by atoms with Gasteiger partial charge in [0.15, 0.2) is 0 Å². The number of aromatic nitrogens is 1. The zero-order chi connectivity index (χ0) is 15.5. The number of hydrogen-bond acceptors (Lipinski definition) is 5. The number of nitrogens with zero attached hydrogens (tertiary/aromatic N) is 2. The lowest BCUT2D eigenvalue weighted by Crippen LogP contribution is -2.46. The zero-order valence-corrected chi connectivity index (χ0v) is 12.9. The Kier molecular flexibility index (Phi) is 6.02. The monoisotopic (exact) mass is 308 g/mol. The third-order valence-electron chi connectivity index (χ3n) is 3.38. The highest BCUT2D eigenvalue weighted by Gasteiger charge is 2.24. The number of carbonyl (C=O) groups is 1. The number of ether oxygens (including phenoxy) is 1. The smallest absolute Gasteiger partial charge is 0.407 e. The van der Waals surface area contributed by atoms with Crippen LogP contribution in [0.2, 0.25) is 0 Å². The van der Waals surface area contributed by atoms with Gasteiger partial charge in [-0.05, 0) is 39.7 Å². The van der Waals surface area contributed by atoms with Gasteiger partial charge in [0.25, 0.3) is 0 Å². The van der Waals surface area contributed by atoms with Crippen LogP contribution in [-0.2, 0) is 4.74 Å². The number of nitrogens with one attached hydrogen (secondary N) is 1. The number of anilines is 2. The highest BCUT2D eigenvalue weighted by Crippen LogP contribution is 2.25. The Morgan fingerprint density at radius 3 is 2.59 bits per heavy atom. The quantitative estimate of drug-likeness (QED) is 0.878. The molecule has 1 aromatic heterocycles. The fraction of sp³-hybridized carbons (Fsp3) is 0.625. The summed E-state index contributed by atoms with van der Waals surface area (Å²) in [5, 5.41) is 2.93. The molecule has 0 unspecified atom stereocenters. The van der Waals surface area contributed by atoms with E-state index in [1.54, 1.807) is 12.4 Å². The molecule has 1 aromatic rings. The number of piperidine rings is 1. The van der Waals surface area contributed by atoms with E-state index in [2.05, 4.69) is 15.2 Å². The summed E-state index contributed by atoms with van der Waals surface area (Å²) in [4.78, 5) is 18.0. The molecule has 1 amide bonds. The first kappa shape index (κ1) is 18.1. The fourth-order valence-electron chi connectivity index (χ4n) is 2.43. The van der Waals surface area contributed by atoms with Gasteiger partial charge in [-0.15, -0.1) is 0 Å². The van der Waals surface area contributed by atoms with Crippen LogP contribution >= 0.6 is 0 Å². The molecule has 3 N–H and O–H groups in total. The second-order valence-electron chi connectivity index (χ2n) is 6.34. The average Bonchev–Trinajstić information content (AvgIpc) is 2.38. The highest BCUT2D eigenvalue weighted by atomic mass is 16.6. The van der Waals surface area contributed by atoms with E-state index in [4.69, 9.17) is 10.5 Å². The first-order valence-corrected chi connectivity index (χ1v) is 7.29. The molecular formula is C16H28N4O2. The molecule has 2 heterocycles. The molecule has 0 saturated carbocycles. The van der Waals surface area contributed by atoms with Crippen molar-refractivity contribution >= 4 is 17.5 Å². The number of carbonyl (C=O) groups excluding carboxylic acids is 1. The van der Waals surface area contributed by atoms with Crippen LogP contribution in [-0.4, -0.2) is 35.8 Å². The van der Waals surface area contributed by atoms with Crippen LogP contribution < -0.4 is 16.0 Å². The topological polar surface area (TPSA) is 80.5 Å². The van der Waals surface area contributed by atoms with Crippen molar-refractivity contribution < 1.29 is 9.53 Å². The van der Waals surface area contributed by atoms with E-state index in [9.17, 15) is 4.79 Å². The van der Waals surface area contributed by atoms with Gasteiger partial charge in [0.05, 0.1) is 17.6 Å². The van der Waals surface area contributed by atoms with Crippen molar-refractivity contribution in [3.05, 3.63) is 18.5 Å². The van der Waals surface area contributed by atoms with Crippen LogP contribution in [0.5, 0.6) is 0 Å². The third-order valence-corrected chi connectivity index (χ3v) is 3.38. The lowest BCUT2D eigenvalue weighted by Gasteiger charge is -2.34. The molecule has 124 valence electrons. The van der Waals surface area contributed by atoms with Gasteiger partial charge in [0.1, 0.15) is 5.60 Å². The molecule has 0 aliphatic carbocycles. The van der Waals surface area contributed by atoms with Crippen molar-refractivity contribution in [3.8, 4) is 0 Å². The SMILES string of the molecule is C.CC(C)(C)OC(=O)NC1CCN(c2ccncc2N)CC1. The molecule has 0 aromatic carbocycles. The minimum Gasteiger partial charge on any atom is -0.444 e. The summed E-state index contributed by atoms with van der Waals surface area (Å²) < 4.78 is 5.28. The van der Waals surface area contributed by atoms with E-state index >= 15 is 0 Å². The molecule has 6 nitrogen and oxygen atoms in total. The number of alkyl carbamates (subject to hydrolysis) is 1. The molecule has 1 fully saturated rings. The lowest BCUT2D eigenvalue weighted by atomic mass is 10.0. The molecule has 1 aliphatic heterocycles. The lowest BCUT2D eigenvalue weighted by molar-refractivity contribution is 0.0497. The number of nitrogens with two attached hydrogens (primary N) is 1. The standard InChI is InChI=1S/C15H24N4O2.CH4/c1-15(2,3)21-14(20)18-11-5-8-19(9-6-11)13-4-7-17-10-12(13)16;/h4,7,10-11H,5-6,8-9,16H2,1-3H3,(H,18,20);1H4. The van der Waals surface area contributed by atoms with Gasteiger partial charge in [-0.2, -0.15) is 0 Å². The molecule has 1 aliphatic rings. The van der Waals surface area contributed by atoms with Crippen LogP contribution in [0.1, 0.15) is 41.0 Å². The van der Waals surface area contributed by atoms with Crippen molar-refractivity contribution in [2.45, 2.75) is 52.7 Å². The summed E-state index contributed by atoms with van der Waals surface area (Å²) >= 11 is 0. The summed E-state index contributed by atoms with van der Waals surface area (Å²) in [5.41, 5.74) is 7.19. The normalized spacial score (nSPS) is 15.9. The van der Waals surface area contributed by atoms with E-state index < -0.39 is 5.60 Å². The Labute approximate surface area is 133 Å². The Hall–Kier alpha value is -1.98. The molecule has 0 radical (unpaired) electrons. The number of amides is 1. The first-order chi connectivity index (χ1) is 9.85. The Bertz CT molecular complexity index is 491. The first-order valence-electron chi connectivity index (χ1n) is 7.29. The van der Waals surface area contributed by atoms with E-state index in [0.29, 0.717) is 5.69 Å². The summed E-state index contributed by atoms with van der Waals surface area (Å²) in [6.07, 6.45) is 4.82. The number of rotatable bonds is 2. The fourth-order valence-corrected chi connectivity index (χ4v) is 2.43. The van der Waals surface area contributed by atoms with Crippen LogP contribution in [0.15, 0.2) is 18.5 Å². The molecule has 0 bridgehead atoms. The molecular weight excluding hydrogens is 280 g/mol. The molecule has 6 heteroatoms. The van der Waals surface area contributed by atoms with E-state index in [-0.39, 0.29) is 19.6 Å². The third kappa shape index (κ3) is 5.09. The molecule has 1 saturated heterocycles.